The molecule has 316 valence electrons. The molecule has 0 N–H and O–H groups in total. The van der Waals surface area contributed by atoms with Gasteiger partial charge < -0.3 is 9.13 Å². The number of hydrogen-bond acceptors (Lipinski definition) is 2. The molecule has 0 spiro atoms. The van der Waals surface area contributed by atoms with E-state index >= 15 is 9.59 Å². The lowest BCUT2D eigenvalue weighted by molar-refractivity contribution is 0.617. The minimum absolute atomic E-state index is 0.0857. The quantitative estimate of drug-likeness (QED) is 0.0686. The summed E-state index contributed by atoms with van der Waals surface area (Å²) >= 11 is 0. The first-order valence-electron chi connectivity index (χ1n) is 23.6. The smallest absolute Gasteiger partial charge is 0.259 e. The van der Waals surface area contributed by atoms with Crippen molar-refractivity contribution in [3.8, 4) is 44.8 Å². The van der Waals surface area contributed by atoms with Gasteiger partial charge in [0.2, 0.25) is 0 Å². The van der Waals surface area contributed by atoms with Crippen LogP contribution < -0.4 is 11.1 Å². The molecule has 0 unspecified atom stereocenters. The summed E-state index contributed by atoms with van der Waals surface area (Å²) in [5.74, 6) is 0. The van der Waals surface area contributed by atoms with Crippen LogP contribution in [0.2, 0.25) is 0 Å². The standard InChI is InChI=1S/C56H70N2O2/c1-7-13-19-41-23-31-45(32-24-41)49-51-52(56(60)57(39-17-11-5)53(49)47-35-27-43(28-36-47)21-15-9-3)50(46-33-25-42(26-34-46)20-14-8-2)54(58(55(51)59)40-18-12-6)48-37-29-44(30-38-48)22-16-10-4/h23-38H,7-22,39-40H2,1-6H3. The fraction of sp³-hybridized carbons (Fsp3) is 0.429. The molecule has 0 aliphatic rings. The highest BCUT2D eigenvalue weighted by Crippen LogP contribution is 2.42. The van der Waals surface area contributed by atoms with Crippen LogP contribution in [0.25, 0.3) is 55.5 Å². The third-order valence-corrected chi connectivity index (χ3v) is 12.4. The van der Waals surface area contributed by atoms with Crippen LogP contribution in [0.15, 0.2) is 107 Å². The second-order valence-corrected chi connectivity index (χ2v) is 17.0. The monoisotopic (exact) mass is 803 g/mol. The van der Waals surface area contributed by atoms with Crippen molar-refractivity contribution in [1.29, 1.82) is 0 Å². The molecule has 0 saturated heterocycles. The Morgan fingerprint density at radius 1 is 0.333 bits per heavy atom. The number of benzene rings is 4. The fourth-order valence-electron chi connectivity index (χ4n) is 8.74. The summed E-state index contributed by atoms with van der Waals surface area (Å²) in [4.78, 5) is 31.7. The highest BCUT2D eigenvalue weighted by molar-refractivity contribution is 6.10. The Balaban J connectivity index is 1.81. The molecule has 0 aliphatic heterocycles. The molecule has 4 nitrogen and oxygen atoms in total. The van der Waals surface area contributed by atoms with Crippen molar-refractivity contribution in [1.82, 2.24) is 9.13 Å². The second kappa shape index (κ2) is 22.0. The molecule has 2 aromatic heterocycles. The van der Waals surface area contributed by atoms with E-state index in [4.69, 9.17) is 0 Å². The van der Waals surface area contributed by atoms with Crippen LogP contribution >= 0.6 is 0 Å². The van der Waals surface area contributed by atoms with Crippen LogP contribution in [-0.4, -0.2) is 9.13 Å². The van der Waals surface area contributed by atoms with Gasteiger partial charge in [-0.3, -0.25) is 9.59 Å². The maximum absolute atomic E-state index is 15.8. The lowest BCUT2D eigenvalue weighted by Gasteiger charge is -2.25. The molecule has 4 heteroatoms. The molecule has 0 aliphatic carbocycles. The van der Waals surface area contributed by atoms with Gasteiger partial charge in [0.25, 0.3) is 11.1 Å². The summed E-state index contributed by atoms with van der Waals surface area (Å²) in [5.41, 5.74) is 12.3. The second-order valence-electron chi connectivity index (χ2n) is 17.0. The molecule has 2 heterocycles. The number of fused-ring (bicyclic) bond motifs is 1. The van der Waals surface area contributed by atoms with Crippen LogP contribution in [0.1, 0.15) is 141 Å². The first-order valence-corrected chi connectivity index (χ1v) is 23.6. The summed E-state index contributed by atoms with van der Waals surface area (Å²) < 4.78 is 4.06. The molecule has 0 radical (unpaired) electrons. The van der Waals surface area contributed by atoms with Gasteiger partial charge in [0.05, 0.1) is 22.2 Å². The normalized spacial score (nSPS) is 11.5. The van der Waals surface area contributed by atoms with E-state index in [1.54, 1.807) is 0 Å². The van der Waals surface area contributed by atoms with E-state index in [-0.39, 0.29) is 11.1 Å². The minimum atomic E-state index is -0.0857. The largest absolute Gasteiger partial charge is 0.307 e. The van der Waals surface area contributed by atoms with Gasteiger partial charge in [-0.1, -0.05) is 177 Å². The molecule has 6 rings (SSSR count). The Bertz CT molecular complexity index is 2220. The summed E-state index contributed by atoms with van der Waals surface area (Å²) in [5, 5.41) is 1.06. The van der Waals surface area contributed by atoms with Crippen molar-refractivity contribution in [2.45, 2.75) is 157 Å². The molecule has 0 atom stereocenters. The van der Waals surface area contributed by atoms with Crippen LogP contribution in [-0.2, 0) is 38.8 Å². The van der Waals surface area contributed by atoms with E-state index in [9.17, 15) is 0 Å². The van der Waals surface area contributed by atoms with Crippen LogP contribution in [0.4, 0.5) is 0 Å². The van der Waals surface area contributed by atoms with Crippen molar-refractivity contribution < 1.29 is 0 Å². The third kappa shape index (κ3) is 10.1. The molecular formula is C56H70N2O2. The van der Waals surface area contributed by atoms with E-state index < -0.39 is 0 Å². The molecule has 0 fully saturated rings. The van der Waals surface area contributed by atoms with Gasteiger partial charge in [-0.15, -0.1) is 0 Å². The van der Waals surface area contributed by atoms with Gasteiger partial charge >= 0.3 is 0 Å². The number of rotatable bonds is 22. The number of aromatic nitrogens is 2. The van der Waals surface area contributed by atoms with Crippen molar-refractivity contribution in [2.75, 3.05) is 0 Å². The lowest BCUT2D eigenvalue weighted by Crippen LogP contribution is -2.31. The van der Waals surface area contributed by atoms with Gasteiger partial charge in [-0.2, -0.15) is 0 Å². The van der Waals surface area contributed by atoms with Gasteiger partial charge in [0.1, 0.15) is 0 Å². The molecule has 0 amide bonds. The predicted octanol–water partition coefficient (Wildman–Crippen LogP) is 14.8. The Morgan fingerprint density at radius 3 is 0.833 bits per heavy atom. The number of nitrogens with zero attached hydrogens (tertiary/aromatic N) is 2. The Hall–Kier alpha value is -4.96. The number of pyridine rings is 2. The number of hydrogen-bond donors (Lipinski definition) is 0. The lowest BCUT2D eigenvalue weighted by atomic mass is 9.87. The highest BCUT2D eigenvalue weighted by atomic mass is 16.1. The Labute approximate surface area is 360 Å². The summed E-state index contributed by atoms with van der Waals surface area (Å²) in [6, 6.07) is 35.4. The van der Waals surface area contributed by atoms with Gasteiger partial charge in [0.15, 0.2) is 0 Å². The first kappa shape index (κ1) is 44.6. The SMILES string of the molecule is CCCCc1ccc(-c2c(-c3ccc(CCCC)cc3)n(CCCC)c(=O)c3c(-c4ccc(CCCC)cc4)c(-c4ccc(CCCC)cc4)n(CCCC)c(=O)c23)cc1. The first-order chi connectivity index (χ1) is 29.4. The molecule has 4 aromatic carbocycles. The average molecular weight is 803 g/mol. The zero-order chi connectivity index (χ0) is 42.4. The Morgan fingerprint density at radius 2 is 0.583 bits per heavy atom. The van der Waals surface area contributed by atoms with Gasteiger partial charge in [-0.25, -0.2) is 0 Å². The summed E-state index contributed by atoms with van der Waals surface area (Å²) in [6.07, 6.45) is 16.7. The minimum Gasteiger partial charge on any atom is -0.307 e. The molecule has 60 heavy (non-hydrogen) atoms. The predicted molar refractivity (Wildman–Crippen MR) is 258 cm³/mol. The third-order valence-electron chi connectivity index (χ3n) is 12.4. The fourth-order valence-corrected chi connectivity index (χ4v) is 8.74. The summed E-state index contributed by atoms with van der Waals surface area (Å²) in [7, 11) is 0. The summed E-state index contributed by atoms with van der Waals surface area (Å²) in [6.45, 7) is 14.4. The van der Waals surface area contributed by atoms with Crippen molar-refractivity contribution in [3.63, 3.8) is 0 Å². The zero-order valence-corrected chi connectivity index (χ0v) is 37.7. The topological polar surface area (TPSA) is 44.0 Å². The maximum Gasteiger partial charge on any atom is 0.259 e. The Kier molecular flexibility index (Phi) is 16.4. The van der Waals surface area contributed by atoms with E-state index in [0.717, 1.165) is 148 Å². The van der Waals surface area contributed by atoms with Gasteiger partial charge in [0, 0.05) is 24.2 Å². The van der Waals surface area contributed by atoms with Gasteiger partial charge in [-0.05, 0) is 109 Å². The van der Waals surface area contributed by atoms with Crippen molar-refractivity contribution in [3.05, 3.63) is 140 Å². The van der Waals surface area contributed by atoms with Crippen LogP contribution in [0, 0.1) is 0 Å². The molecule has 6 aromatic rings. The van der Waals surface area contributed by atoms with Crippen molar-refractivity contribution >= 4 is 10.8 Å². The average Bonchev–Trinajstić information content (AvgIpc) is 3.28. The van der Waals surface area contributed by atoms with E-state index in [1.165, 1.54) is 22.3 Å². The molecular weight excluding hydrogens is 733 g/mol. The van der Waals surface area contributed by atoms with Crippen LogP contribution in [0.3, 0.4) is 0 Å². The number of aryl methyl sites for hydroxylation is 4. The van der Waals surface area contributed by atoms with E-state index in [0.29, 0.717) is 23.9 Å². The maximum atomic E-state index is 15.8. The van der Waals surface area contributed by atoms with Crippen LogP contribution in [0.5, 0.6) is 0 Å². The highest BCUT2D eigenvalue weighted by Gasteiger charge is 2.29. The van der Waals surface area contributed by atoms with E-state index in [2.05, 4.69) is 139 Å². The number of unbranched alkanes of at least 4 members (excludes halogenated alkanes) is 6. The zero-order valence-electron chi connectivity index (χ0n) is 37.7. The van der Waals surface area contributed by atoms with Crippen molar-refractivity contribution in [2.24, 2.45) is 0 Å². The molecule has 0 bridgehead atoms. The molecule has 0 saturated carbocycles. The van der Waals surface area contributed by atoms with E-state index in [1.807, 2.05) is 9.13 Å².